The molecule has 2 heterocycles. The summed E-state index contributed by atoms with van der Waals surface area (Å²) in [4.78, 5) is 20.7. The van der Waals surface area contributed by atoms with E-state index in [1.54, 1.807) is 19.1 Å². The minimum Gasteiger partial charge on any atom is -0.467 e. The Morgan fingerprint density at radius 3 is 2.78 bits per heavy atom. The average Bonchev–Trinajstić information content (AvgIpc) is 3.01. The second-order valence-corrected chi connectivity index (χ2v) is 6.13. The van der Waals surface area contributed by atoms with E-state index in [4.69, 9.17) is 16.0 Å². The topological polar surface area (TPSA) is 88.3 Å². The molecule has 0 spiro atoms. The number of furan rings is 1. The summed E-state index contributed by atoms with van der Waals surface area (Å²) in [5.41, 5.74) is 0.143. The van der Waals surface area contributed by atoms with Crippen LogP contribution in [0.3, 0.4) is 0 Å². The van der Waals surface area contributed by atoms with Crippen molar-refractivity contribution < 1.29 is 14.3 Å². The predicted molar refractivity (Wildman–Crippen MR) is 86.3 cm³/mol. The number of halogens is 1. The van der Waals surface area contributed by atoms with Crippen molar-refractivity contribution in [1.29, 1.82) is 0 Å². The first-order valence-corrected chi connectivity index (χ1v) is 7.81. The molecule has 2 unspecified atom stereocenters. The normalized spacial score (nSPS) is 13.8. The van der Waals surface area contributed by atoms with Crippen LogP contribution in [0.5, 0.6) is 0 Å². The summed E-state index contributed by atoms with van der Waals surface area (Å²) in [7, 11) is 0. The average molecular weight is 338 g/mol. The molecule has 0 fully saturated rings. The van der Waals surface area contributed by atoms with E-state index in [0.717, 1.165) is 0 Å². The summed E-state index contributed by atoms with van der Waals surface area (Å²) in [6.45, 7) is 5.67. The Bertz CT molecular complexity index is 659. The molecule has 2 aromatic rings. The van der Waals surface area contributed by atoms with Crippen LogP contribution in [0.4, 0.5) is 0 Å². The van der Waals surface area contributed by atoms with Crippen molar-refractivity contribution in [3.63, 3.8) is 0 Å². The van der Waals surface area contributed by atoms with Gasteiger partial charge >= 0.3 is 0 Å². The summed E-state index contributed by atoms with van der Waals surface area (Å²) in [5, 5.41) is 13.0. The lowest BCUT2D eigenvalue weighted by atomic mass is 10.1. The van der Waals surface area contributed by atoms with Gasteiger partial charge in [-0.2, -0.15) is 0 Å². The summed E-state index contributed by atoms with van der Waals surface area (Å²) in [5.74, 6) is 0.728. The number of aromatic nitrogens is 2. The van der Waals surface area contributed by atoms with Gasteiger partial charge in [-0.15, -0.1) is 0 Å². The fourth-order valence-corrected chi connectivity index (χ4v) is 2.28. The maximum atomic E-state index is 12.3. The minimum atomic E-state index is -0.785. The lowest BCUT2D eigenvalue weighted by molar-refractivity contribution is 0.0898. The van der Waals surface area contributed by atoms with Gasteiger partial charge in [0.2, 0.25) is 0 Å². The van der Waals surface area contributed by atoms with E-state index in [2.05, 4.69) is 15.3 Å². The predicted octanol–water partition coefficient (Wildman–Crippen LogP) is 3.09. The SMILES string of the molecule is CC(CC(O)c1ccco1)NC(=O)c1nc(C(C)C)ncc1Cl. The Labute approximate surface area is 139 Å². The highest BCUT2D eigenvalue weighted by atomic mass is 35.5. The van der Waals surface area contributed by atoms with Crippen molar-refractivity contribution in [2.24, 2.45) is 0 Å². The van der Waals surface area contributed by atoms with Crippen LogP contribution in [0.1, 0.15) is 61.3 Å². The van der Waals surface area contributed by atoms with Crippen molar-refractivity contribution in [3.05, 3.63) is 46.9 Å². The number of carbonyl (C=O) groups excluding carboxylic acids is 1. The first-order chi connectivity index (χ1) is 10.9. The molecule has 2 atom stereocenters. The van der Waals surface area contributed by atoms with Crippen LogP contribution in [-0.2, 0) is 0 Å². The van der Waals surface area contributed by atoms with E-state index in [0.29, 0.717) is 18.0 Å². The van der Waals surface area contributed by atoms with Gasteiger partial charge in [-0.3, -0.25) is 4.79 Å². The zero-order valence-electron chi connectivity index (χ0n) is 13.3. The molecule has 1 amide bonds. The van der Waals surface area contributed by atoms with Crippen LogP contribution in [-0.4, -0.2) is 27.0 Å². The smallest absolute Gasteiger partial charge is 0.271 e. The third-order valence-electron chi connectivity index (χ3n) is 3.32. The maximum absolute atomic E-state index is 12.3. The second kappa shape index (κ2) is 7.57. The number of rotatable bonds is 6. The van der Waals surface area contributed by atoms with Crippen molar-refractivity contribution in [2.75, 3.05) is 0 Å². The van der Waals surface area contributed by atoms with Gasteiger partial charge in [0.05, 0.1) is 17.5 Å². The third-order valence-corrected chi connectivity index (χ3v) is 3.60. The van der Waals surface area contributed by atoms with Gasteiger partial charge in [-0.1, -0.05) is 25.4 Å². The highest BCUT2D eigenvalue weighted by Gasteiger charge is 2.20. The van der Waals surface area contributed by atoms with Gasteiger partial charge < -0.3 is 14.8 Å². The molecule has 0 aliphatic heterocycles. The van der Waals surface area contributed by atoms with Crippen molar-refractivity contribution in [1.82, 2.24) is 15.3 Å². The van der Waals surface area contributed by atoms with Crippen LogP contribution < -0.4 is 5.32 Å². The fraction of sp³-hybridized carbons (Fsp3) is 0.438. The number of aliphatic hydroxyl groups is 1. The number of aliphatic hydroxyl groups excluding tert-OH is 1. The minimum absolute atomic E-state index is 0.0945. The van der Waals surface area contributed by atoms with E-state index in [1.165, 1.54) is 12.5 Å². The lowest BCUT2D eigenvalue weighted by Crippen LogP contribution is -2.34. The number of amides is 1. The van der Waals surface area contributed by atoms with Crippen LogP contribution in [0, 0.1) is 0 Å². The first-order valence-electron chi connectivity index (χ1n) is 7.43. The Hall–Kier alpha value is -1.92. The molecule has 2 aromatic heterocycles. The Balaban J connectivity index is 2.02. The third kappa shape index (κ3) is 4.53. The summed E-state index contributed by atoms with van der Waals surface area (Å²) in [6, 6.07) is 3.11. The molecule has 0 radical (unpaired) electrons. The molecule has 23 heavy (non-hydrogen) atoms. The first kappa shape index (κ1) is 17.4. The molecule has 0 aliphatic carbocycles. The Morgan fingerprint density at radius 1 is 1.43 bits per heavy atom. The Kier molecular flexibility index (Phi) is 5.74. The molecule has 0 aliphatic rings. The van der Waals surface area contributed by atoms with Gasteiger partial charge in [0.1, 0.15) is 23.4 Å². The lowest BCUT2D eigenvalue weighted by Gasteiger charge is -2.17. The number of nitrogens with zero attached hydrogens (tertiary/aromatic N) is 2. The van der Waals surface area contributed by atoms with E-state index >= 15 is 0 Å². The molecule has 2 rings (SSSR count). The van der Waals surface area contributed by atoms with Gasteiger partial charge in [0.25, 0.3) is 5.91 Å². The number of carbonyl (C=O) groups is 1. The zero-order chi connectivity index (χ0) is 17.0. The molecule has 124 valence electrons. The fourth-order valence-electron chi connectivity index (χ4n) is 2.10. The van der Waals surface area contributed by atoms with Crippen molar-refractivity contribution >= 4 is 17.5 Å². The van der Waals surface area contributed by atoms with E-state index in [-0.39, 0.29) is 22.7 Å². The van der Waals surface area contributed by atoms with Gasteiger partial charge in [0, 0.05) is 18.4 Å². The standard InChI is InChI=1S/C16H20ClN3O3/c1-9(2)15-18-8-11(17)14(20-15)16(22)19-10(3)7-12(21)13-5-4-6-23-13/h4-6,8-10,12,21H,7H2,1-3H3,(H,19,22). The van der Waals surface area contributed by atoms with Gasteiger partial charge in [-0.25, -0.2) is 9.97 Å². The summed E-state index contributed by atoms with van der Waals surface area (Å²) in [6.07, 6.45) is 2.46. The molecular weight excluding hydrogens is 318 g/mol. The van der Waals surface area contributed by atoms with Gasteiger partial charge in [-0.05, 0) is 19.1 Å². The summed E-state index contributed by atoms with van der Waals surface area (Å²) < 4.78 is 5.14. The van der Waals surface area contributed by atoms with Crippen molar-refractivity contribution in [3.8, 4) is 0 Å². The molecule has 2 N–H and O–H groups in total. The summed E-state index contributed by atoms with van der Waals surface area (Å²) >= 11 is 6.02. The molecule has 6 nitrogen and oxygen atoms in total. The highest BCUT2D eigenvalue weighted by Crippen LogP contribution is 2.20. The quantitative estimate of drug-likeness (QED) is 0.845. The van der Waals surface area contributed by atoms with Gasteiger partial charge in [0.15, 0.2) is 0 Å². The maximum Gasteiger partial charge on any atom is 0.271 e. The second-order valence-electron chi connectivity index (χ2n) is 5.72. The highest BCUT2D eigenvalue weighted by molar-refractivity contribution is 6.33. The molecule has 0 aromatic carbocycles. The number of hydrogen-bond acceptors (Lipinski definition) is 5. The van der Waals surface area contributed by atoms with E-state index in [9.17, 15) is 9.90 Å². The monoisotopic (exact) mass is 337 g/mol. The molecule has 0 bridgehead atoms. The van der Waals surface area contributed by atoms with Crippen LogP contribution in [0.15, 0.2) is 29.0 Å². The largest absolute Gasteiger partial charge is 0.467 e. The number of nitrogens with one attached hydrogen (secondary N) is 1. The number of hydrogen-bond donors (Lipinski definition) is 2. The van der Waals surface area contributed by atoms with Crippen molar-refractivity contribution in [2.45, 2.75) is 45.3 Å². The van der Waals surface area contributed by atoms with Crippen LogP contribution in [0.25, 0.3) is 0 Å². The van der Waals surface area contributed by atoms with E-state index < -0.39 is 12.0 Å². The molecular formula is C16H20ClN3O3. The van der Waals surface area contributed by atoms with Crippen LogP contribution in [0.2, 0.25) is 5.02 Å². The molecule has 0 saturated carbocycles. The zero-order valence-corrected chi connectivity index (χ0v) is 14.0. The Morgan fingerprint density at radius 2 is 2.17 bits per heavy atom. The van der Waals surface area contributed by atoms with E-state index in [1.807, 2.05) is 13.8 Å². The van der Waals surface area contributed by atoms with Crippen LogP contribution >= 0.6 is 11.6 Å². The molecule has 0 saturated heterocycles. The molecule has 7 heteroatoms.